The number of ether oxygens (including phenoxy) is 2. The van der Waals surface area contributed by atoms with Gasteiger partial charge in [0.2, 0.25) is 0 Å². The molecular weight excluding hydrogens is 392 g/mol. The van der Waals surface area contributed by atoms with E-state index in [2.05, 4.69) is 39.9 Å². The smallest absolute Gasteiger partial charge is 0.273 e. The monoisotopic (exact) mass is 422 g/mol. The third kappa shape index (κ3) is 6.73. The van der Waals surface area contributed by atoms with Gasteiger partial charge in [0.1, 0.15) is 0 Å². The van der Waals surface area contributed by atoms with E-state index in [0.717, 1.165) is 6.42 Å². The molecule has 0 saturated carbocycles. The van der Waals surface area contributed by atoms with Gasteiger partial charge in [-0.3, -0.25) is 4.79 Å². The number of rotatable bonds is 12. The van der Waals surface area contributed by atoms with Crippen LogP contribution in [0, 0.1) is 0 Å². The maximum absolute atomic E-state index is 12.6. The average Bonchev–Trinajstić information content (AvgIpc) is 3.27. The van der Waals surface area contributed by atoms with Crippen molar-refractivity contribution in [1.29, 1.82) is 0 Å². The zero-order chi connectivity index (χ0) is 21.9. The predicted molar refractivity (Wildman–Crippen MR) is 119 cm³/mol. The summed E-state index contributed by atoms with van der Waals surface area (Å²) in [6, 6.07) is 20.7. The van der Waals surface area contributed by atoms with Crippen LogP contribution in [0.15, 0.2) is 66.9 Å². The summed E-state index contributed by atoms with van der Waals surface area (Å²) in [7, 11) is 0. The van der Waals surface area contributed by atoms with Gasteiger partial charge in [0, 0.05) is 25.7 Å². The molecule has 0 unspecified atom stereocenters. The zero-order valence-corrected chi connectivity index (χ0v) is 18.1. The van der Waals surface area contributed by atoms with Crippen molar-refractivity contribution < 1.29 is 14.3 Å². The van der Waals surface area contributed by atoms with E-state index in [-0.39, 0.29) is 17.5 Å². The van der Waals surface area contributed by atoms with Gasteiger partial charge in [-0.05, 0) is 31.4 Å². The summed E-state index contributed by atoms with van der Waals surface area (Å²) in [5, 5.41) is 11.0. The van der Waals surface area contributed by atoms with Crippen LogP contribution in [-0.4, -0.2) is 46.9 Å². The zero-order valence-electron chi connectivity index (χ0n) is 18.1. The summed E-state index contributed by atoms with van der Waals surface area (Å²) in [6.07, 6.45) is 1.99. The van der Waals surface area contributed by atoms with Gasteiger partial charge in [0.25, 0.3) is 5.91 Å². The Bertz CT molecular complexity index is 869. The quantitative estimate of drug-likeness (QED) is 0.451. The molecule has 0 spiro atoms. The van der Waals surface area contributed by atoms with Crippen LogP contribution in [0.1, 0.15) is 47.8 Å². The van der Waals surface area contributed by atoms with Gasteiger partial charge in [-0.1, -0.05) is 65.9 Å². The van der Waals surface area contributed by atoms with E-state index in [1.165, 1.54) is 11.1 Å². The van der Waals surface area contributed by atoms with Gasteiger partial charge in [-0.15, -0.1) is 5.10 Å². The molecule has 7 nitrogen and oxygen atoms in total. The largest absolute Gasteiger partial charge is 0.351 e. The average molecular weight is 423 g/mol. The molecule has 0 aliphatic rings. The molecule has 7 heteroatoms. The minimum absolute atomic E-state index is 0.205. The minimum atomic E-state index is -0.412. The Morgan fingerprint density at radius 1 is 0.968 bits per heavy atom. The van der Waals surface area contributed by atoms with Crippen molar-refractivity contribution in [3.8, 4) is 0 Å². The molecule has 31 heavy (non-hydrogen) atoms. The fraction of sp³-hybridized carbons (Fsp3) is 0.375. The van der Waals surface area contributed by atoms with Crippen molar-refractivity contribution in [3.05, 3.63) is 83.7 Å². The minimum Gasteiger partial charge on any atom is -0.351 e. The molecular formula is C24H30N4O3. The lowest BCUT2D eigenvalue weighted by Gasteiger charge is -2.18. The second-order valence-corrected chi connectivity index (χ2v) is 7.08. The molecule has 2 aromatic carbocycles. The maximum atomic E-state index is 12.6. The molecule has 0 aliphatic heterocycles. The highest BCUT2D eigenvalue weighted by Crippen LogP contribution is 2.27. The lowest BCUT2D eigenvalue weighted by Crippen LogP contribution is -2.26. The van der Waals surface area contributed by atoms with Gasteiger partial charge in [0.15, 0.2) is 12.0 Å². The molecule has 0 radical (unpaired) electrons. The van der Waals surface area contributed by atoms with Crippen molar-refractivity contribution >= 4 is 5.91 Å². The third-order valence-corrected chi connectivity index (χ3v) is 4.93. The summed E-state index contributed by atoms with van der Waals surface area (Å²) >= 11 is 0. The summed E-state index contributed by atoms with van der Waals surface area (Å²) in [6.45, 7) is 5.80. The molecule has 0 bridgehead atoms. The molecule has 3 rings (SSSR count). The predicted octanol–water partition coefficient (Wildman–Crippen LogP) is 3.63. The highest BCUT2D eigenvalue weighted by molar-refractivity contribution is 5.91. The highest BCUT2D eigenvalue weighted by Gasteiger charge is 2.17. The molecule has 164 valence electrons. The molecule has 3 aromatic rings. The number of carbonyl (C=O) groups excluding carboxylic acids is 1. The Labute approximate surface area is 183 Å². The first-order valence-corrected chi connectivity index (χ1v) is 10.7. The van der Waals surface area contributed by atoms with Crippen molar-refractivity contribution in [2.75, 3.05) is 19.8 Å². The Balaban J connectivity index is 1.58. The normalized spacial score (nSPS) is 11.2. The first kappa shape index (κ1) is 22.7. The van der Waals surface area contributed by atoms with E-state index in [9.17, 15) is 4.79 Å². The van der Waals surface area contributed by atoms with E-state index in [1.54, 1.807) is 10.9 Å². The SMILES string of the molecule is CCOC(Cn1cc(C(=O)NCCC(c2ccccc2)c2ccccc2)nn1)OCC. The molecule has 1 aromatic heterocycles. The van der Waals surface area contributed by atoms with Crippen molar-refractivity contribution in [1.82, 2.24) is 20.3 Å². The van der Waals surface area contributed by atoms with Crippen LogP contribution in [0.3, 0.4) is 0 Å². The third-order valence-electron chi connectivity index (χ3n) is 4.93. The molecule has 1 heterocycles. The van der Waals surface area contributed by atoms with Crippen LogP contribution < -0.4 is 5.32 Å². The van der Waals surface area contributed by atoms with E-state index in [4.69, 9.17) is 9.47 Å². The van der Waals surface area contributed by atoms with E-state index < -0.39 is 6.29 Å². The first-order valence-electron chi connectivity index (χ1n) is 10.7. The van der Waals surface area contributed by atoms with Gasteiger partial charge in [0.05, 0.1) is 12.7 Å². The Morgan fingerprint density at radius 3 is 2.10 bits per heavy atom. The van der Waals surface area contributed by atoms with Crippen LogP contribution >= 0.6 is 0 Å². The summed E-state index contributed by atoms with van der Waals surface area (Å²) in [5.41, 5.74) is 2.74. The van der Waals surface area contributed by atoms with Gasteiger partial charge in [-0.2, -0.15) is 0 Å². The summed E-state index contributed by atoms with van der Waals surface area (Å²) < 4.78 is 12.6. The number of nitrogens with one attached hydrogen (secondary N) is 1. The van der Waals surface area contributed by atoms with Crippen LogP contribution in [0.2, 0.25) is 0 Å². The molecule has 0 fully saturated rings. The molecule has 1 N–H and O–H groups in total. The fourth-order valence-corrected chi connectivity index (χ4v) is 3.49. The van der Waals surface area contributed by atoms with Crippen molar-refractivity contribution in [3.63, 3.8) is 0 Å². The van der Waals surface area contributed by atoms with Crippen molar-refractivity contribution in [2.45, 2.75) is 39.0 Å². The summed E-state index contributed by atoms with van der Waals surface area (Å²) in [5.74, 6) is -0.0352. The number of nitrogens with zero attached hydrogens (tertiary/aromatic N) is 3. The Hall–Kier alpha value is -3.03. The fourth-order valence-electron chi connectivity index (χ4n) is 3.49. The molecule has 1 amide bonds. The van der Waals surface area contributed by atoms with Crippen LogP contribution in [0.4, 0.5) is 0 Å². The lowest BCUT2D eigenvalue weighted by atomic mass is 9.88. The second-order valence-electron chi connectivity index (χ2n) is 7.08. The molecule has 0 atom stereocenters. The van der Waals surface area contributed by atoms with Gasteiger partial charge >= 0.3 is 0 Å². The number of aromatic nitrogens is 3. The summed E-state index contributed by atoms with van der Waals surface area (Å²) in [4.78, 5) is 12.6. The van der Waals surface area contributed by atoms with E-state index in [0.29, 0.717) is 26.3 Å². The Kier molecular flexibility index (Phi) is 8.75. The number of benzene rings is 2. The van der Waals surface area contributed by atoms with E-state index >= 15 is 0 Å². The van der Waals surface area contributed by atoms with Gasteiger partial charge < -0.3 is 14.8 Å². The molecule has 0 aliphatic carbocycles. The number of carbonyl (C=O) groups is 1. The number of amides is 1. The molecule has 0 saturated heterocycles. The van der Waals surface area contributed by atoms with Crippen LogP contribution in [0.25, 0.3) is 0 Å². The standard InChI is InChI=1S/C24H30N4O3/c1-3-30-23(31-4-2)18-28-17-22(26-27-28)24(29)25-16-15-21(19-11-7-5-8-12-19)20-13-9-6-10-14-20/h5-14,17,21,23H,3-4,15-16,18H2,1-2H3,(H,25,29). The Morgan fingerprint density at radius 2 is 1.55 bits per heavy atom. The maximum Gasteiger partial charge on any atom is 0.273 e. The van der Waals surface area contributed by atoms with Crippen LogP contribution in [-0.2, 0) is 16.0 Å². The lowest BCUT2D eigenvalue weighted by molar-refractivity contribution is -0.145. The van der Waals surface area contributed by atoms with E-state index in [1.807, 2.05) is 50.2 Å². The second kappa shape index (κ2) is 12.0. The number of hydrogen-bond acceptors (Lipinski definition) is 5. The highest BCUT2D eigenvalue weighted by atomic mass is 16.7. The topological polar surface area (TPSA) is 78.3 Å². The van der Waals surface area contributed by atoms with Gasteiger partial charge in [-0.25, -0.2) is 4.68 Å². The van der Waals surface area contributed by atoms with Crippen LogP contribution in [0.5, 0.6) is 0 Å². The number of hydrogen-bond donors (Lipinski definition) is 1. The van der Waals surface area contributed by atoms with Crippen molar-refractivity contribution in [2.24, 2.45) is 0 Å². The first-order chi connectivity index (χ1) is 15.2.